The van der Waals surface area contributed by atoms with Gasteiger partial charge in [-0.25, -0.2) is 4.98 Å². The highest BCUT2D eigenvalue weighted by Crippen LogP contribution is 2.20. The Balaban J connectivity index is 1.52. The average molecular weight is 324 g/mol. The normalized spacial score (nSPS) is 12.1. The van der Waals surface area contributed by atoms with Gasteiger partial charge in [0.15, 0.2) is 11.7 Å². The molecule has 2 heterocycles. The number of aryl methyl sites for hydroxylation is 2. The van der Waals surface area contributed by atoms with Crippen molar-refractivity contribution >= 4 is 5.91 Å². The van der Waals surface area contributed by atoms with Crippen molar-refractivity contribution in [3.05, 3.63) is 66.1 Å². The third kappa shape index (κ3) is 3.93. The average Bonchev–Trinajstić information content (AvgIpc) is 3.23. The van der Waals surface area contributed by atoms with Crippen LogP contribution in [0.5, 0.6) is 0 Å². The molecule has 2 aromatic heterocycles. The molecule has 24 heavy (non-hydrogen) atoms. The second kappa shape index (κ2) is 7.17. The van der Waals surface area contributed by atoms with Crippen LogP contribution in [0.15, 0.2) is 57.5 Å². The van der Waals surface area contributed by atoms with E-state index in [9.17, 15) is 4.79 Å². The van der Waals surface area contributed by atoms with E-state index >= 15 is 0 Å². The molecule has 0 saturated heterocycles. The summed E-state index contributed by atoms with van der Waals surface area (Å²) in [6, 6.07) is 13.4. The van der Waals surface area contributed by atoms with Crippen molar-refractivity contribution in [2.45, 2.75) is 32.7 Å². The Hall–Kier alpha value is -2.82. The monoisotopic (exact) mass is 324 g/mol. The molecule has 0 spiro atoms. The summed E-state index contributed by atoms with van der Waals surface area (Å²) < 4.78 is 11.2. The van der Waals surface area contributed by atoms with E-state index in [1.807, 2.05) is 56.3 Å². The van der Waals surface area contributed by atoms with Crippen LogP contribution in [0.4, 0.5) is 0 Å². The maximum absolute atomic E-state index is 12.1. The Morgan fingerprint density at radius 3 is 2.67 bits per heavy atom. The zero-order valence-corrected chi connectivity index (χ0v) is 13.8. The lowest BCUT2D eigenvalue weighted by Gasteiger charge is -2.10. The summed E-state index contributed by atoms with van der Waals surface area (Å²) in [6.45, 7) is 3.78. The number of rotatable bonds is 6. The fraction of sp³-hybridized carbons (Fsp3) is 0.263. The van der Waals surface area contributed by atoms with Crippen LogP contribution in [-0.4, -0.2) is 10.9 Å². The number of nitrogens with zero attached hydrogens (tertiary/aromatic N) is 1. The predicted molar refractivity (Wildman–Crippen MR) is 90.3 cm³/mol. The van der Waals surface area contributed by atoms with Crippen LogP contribution in [0.3, 0.4) is 0 Å². The lowest BCUT2D eigenvalue weighted by atomic mass is 10.2. The predicted octanol–water partition coefficient (Wildman–Crippen LogP) is 4.05. The molecule has 0 aliphatic heterocycles. The summed E-state index contributed by atoms with van der Waals surface area (Å²) in [5.41, 5.74) is 0.975. The molecule has 1 N–H and O–H groups in total. The van der Waals surface area contributed by atoms with Crippen LogP contribution in [0.1, 0.15) is 36.8 Å². The van der Waals surface area contributed by atoms with E-state index in [1.165, 1.54) is 0 Å². The lowest BCUT2D eigenvalue weighted by molar-refractivity contribution is -0.121. The smallest absolute Gasteiger partial charge is 0.221 e. The maximum atomic E-state index is 12.1. The first-order valence-electron chi connectivity index (χ1n) is 7.97. The maximum Gasteiger partial charge on any atom is 0.221 e. The number of oxazole rings is 1. The van der Waals surface area contributed by atoms with Crippen LogP contribution < -0.4 is 5.32 Å². The SMILES string of the molecule is Cc1ccc(C(C)NC(=O)CCc2ncc(-c3ccccc3)o2)o1. The molecule has 5 heteroatoms. The molecule has 0 aliphatic carbocycles. The molecule has 0 saturated carbocycles. The molecule has 0 fully saturated rings. The van der Waals surface area contributed by atoms with Gasteiger partial charge in [-0.3, -0.25) is 4.79 Å². The molecular formula is C19H20N2O3. The second-order valence-corrected chi connectivity index (χ2v) is 5.72. The van der Waals surface area contributed by atoms with Crippen LogP contribution in [0, 0.1) is 6.92 Å². The number of carbonyl (C=O) groups is 1. The van der Waals surface area contributed by atoms with Gasteiger partial charge in [0.05, 0.1) is 12.2 Å². The standard InChI is InChI=1S/C19H20N2O3/c1-13-8-9-16(23-13)14(2)21-18(22)10-11-19-20-12-17(24-19)15-6-4-3-5-7-15/h3-9,12,14H,10-11H2,1-2H3,(H,21,22). The number of nitrogens with one attached hydrogen (secondary N) is 1. The van der Waals surface area contributed by atoms with Gasteiger partial charge in [0.25, 0.3) is 0 Å². The molecule has 1 aromatic carbocycles. The second-order valence-electron chi connectivity index (χ2n) is 5.72. The van der Waals surface area contributed by atoms with E-state index in [2.05, 4.69) is 10.3 Å². The number of amides is 1. The molecular weight excluding hydrogens is 304 g/mol. The van der Waals surface area contributed by atoms with Gasteiger partial charge in [-0.1, -0.05) is 30.3 Å². The fourth-order valence-electron chi connectivity index (χ4n) is 2.45. The van der Waals surface area contributed by atoms with E-state index in [0.29, 0.717) is 24.5 Å². The molecule has 1 amide bonds. The highest BCUT2D eigenvalue weighted by molar-refractivity contribution is 5.76. The fourth-order valence-corrected chi connectivity index (χ4v) is 2.45. The van der Waals surface area contributed by atoms with E-state index in [1.54, 1.807) is 6.20 Å². The van der Waals surface area contributed by atoms with Gasteiger partial charge < -0.3 is 14.2 Å². The van der Waals surface area contributed by atoms with Gasteiger partial charge in [-0.2, -0.15) is 0 Å². The zero-order valence-electron chi connectivity index (χ0n) is 13.8. The van der Waals surface area contributed by atoms with E-state index in [4.69, 9.17) is 8.83 Å². The summed E-state index contributed by atoms with van der Waals surface area (Å²) in [6.07, 6.45) is 2.47. The number of hydrogen-bond donors (Lipinski definition) is 1. The number of hydrogen-bond acceptors (Lipinski definition) is 4. The van der Waals surface area contributed by atoms with Crippen LogP contribution in [0.2, 0.25) is 0 Å². The van der Waals surface area contributed by atoms with Gasteiger partial charge in [0, 0.05) is 18.4 Å². The molecule has 5 nitrogen and oxygen atoms in total. The van der Waals surface area contributed by atoms with Crippen molar-refractivity contribution in [1.29, 1.82) is 0 Å². The van der Waals surface area contributed by atoms with Crippen molar-refractivity contribution in [1.82, 2.24) is 10.3 Å². The van der Waals surface area contributed by atoms with Crippen LogP contribution in [0.25, 0.3) is 11.3 Å². The summed E-state index contributed by atoms with van der Waals surface area (Å²) in [5.74, 6) is 2.80. The number of benzene rings is 1. The number of aromatic nitrogens is 1. The summed E-state index contributed by atoms with van der Waals surface area (Å²) in [7, 11) is 0. The van der Waals surface area contributed by atoms with Crippen molar-refractivity contribution < 1.29 is 13.6 Å². The minimum Gasteiger partial charge on any atom is -0.464 e. The van der Waals surface area contributed by atoms with Gasteiger partial charge in [-0.05, 0) is 26.0 Å². The van der Waals surface area contributed by atoms with Crippen molar-refractivity contribution in [3.63, 3.8) is 0 Å². The van der Waals surface area contributed by atoms with Crippen molar-refractivity contribution in [2.24, 2.45) is 0 Å². The third-order valence-electron chi connectivity index (χ3n) is 3.74. The third-order valence-corrected chi connectivity index (χ3v) is 3.74. The highest BCUT2D eigenvalue weighted by atomic mass is 16.4. The van der Waals surface area contributed by atoms with E-state index < -0.39 is 0 Å². The number of carbonyl (C=O) groups excluding carboxylic acids is 1. The Bertz CT molecular complexity index is 805. The molecule has 0 radical (unpaired) electrons. The largest absolute Gasteiger partial charge is 0.464 e. The molecule has 1 unspecified atom stereocenters. The summed E-state index contributed by atoms with van der Waals surface area (Å²) in [4.78, 5) is 16.3. The Morgan fingerprint density at radius 1 is 1.17 bits per heavy atom. The Morgan fingerprint density at radius 2 is 1.96 bits per heavy atom. The minimum absolute atomic E-state index is 0.0592. The lowest BCUT2D eigenvalue weighted by Crippen LogP contribution is -2.26. The quantitative estimate of drug-likeness (QED) is 0.742. The van der Waals surface area contributed by atoms with Gasteiger partial charge in [-0.15, -0.1) is 0 Å². The van der Waals surface area contributed by atoms with Gasteiger partial charge >= 0.3 is 0 Å². The molecule has 124 valence electrons. The van der Waals surface area contributed by atoms with Gasteiger partial charge in [0.2, 0.25) is 5.91 Å². The first-order valence-corrected chi connectivity index (χ1v) is 7.97. The van der Waals surface area contributed by atoms with Crippen molar-refractivity contribution in [2.75, 3.05) is 0 Å². The van der Waals surface area contributed by atoms with Crippen LogP contribution in [-0.2, 0) is 11.2 Å². The minimum atomic E-state index is -0.157. The van der Waals surface area contributed by atoms with Gasteiger partial charge in [0.1, 0.15) is 11.5 Å². The zero-order chi connectivity index (χ0) is 16.9. The van der Waals surface area contributed by atoms with Crippen molar-refractivity contribution in [3.8, 4) is 11.3 Å². The summed E-state index contributed by atoms with van der Waals surface area (Å²) >= 11 is 0. The highest BCUT2D eigenvalue weighted by Gasteiger charge is 2.14. The molecule has 1 atom stereocenters. The number of furan rings is 1. The topological polar surface area (TPSA) is 68.3 Å². The van der Waals surface area contributed by atoms with E-state index in [0.717, 1.165) is 17.1 Å². The van der Waals surface area contributed by atoms with E-state index in [-0.39, 0.29) is 11.9 Å². The molecule has 3 rings (SSSR count). The first-order chi connectivity index (χ1) is 11.6. The molecule has 3 aromatic rings. The summed E-state index contributed by atoms with van der Waals surface area (Å²) in [5, 5.41) is 2.92. The Labute approximate surface area is 140 Å². The van der Waals surface area contributed by atoms with Crippen LogP contribution >= 0.6 is 0 Å². The molecule has 0 bridgehead atoms. The first kappa shape index (κ1) is 16.1. The molecule has 0 aliphatic rings. The Kier molecular flexibility index (Phi) is 4.79.